The van der Waals surface area contributed by atoms with E-state index in [9.17, 15) is 4.79 Å². The van der Waals surface area contributed by atoms with Crippen molar-refractivity contribution in [1.82, 2.24) is 25.1 Å². The third-order valence-corrected chi connectivity index (χ3v) is 3.94. The van der Waals surface area contributed by atoms with Gasteiger partial charge in [-0.15, -0.1) is 10.2 Å². The molecule has 0 aliphatic carbocycles. The van der Waals surface area contributed by atoms with Crippen LogP contribution in [0.2, 0.25) is 0 Å². The first-order valence-electron chi connectivity index (χ1n) is 8.11. The zero-order chi connectivity index (χ0) is 16.1. The van der Waals surface area contributed by atoms with Gasteiger partial charge in [-0.25, -0.2) is 4.98 Å². The first-order valence-corrected chi connectivity index (χ1v) is 8.11. The Bertz CT molecular complexity index is 681. The van der Waals surface area contributed by atoms with Gasteiger partial charge in [0.25, 0.3) is 5.91 Å². The van der Waals surface area contributed by atoms with Crippen LogP contribution >= 0.6 is 0 Å². The molecule has 122 valence electrons. The minimum Gasteiger partial charge on any atom is -0.368 e. The monoisotopic (exact) mass is 314 g/mol. The van der Waals surface area contributed by atoms with Gasteiger partial charge in [0.15, 0.2) is 0 Å². The summed E-state index contributed by atoms with van der Waals surface area (Å²) in [5, 5.41) is 14.3. The van der Waals surface area contributed by atoms with Crippen LogP contribution in [0.3, 0.4) is 0 Å². The highest BCUT2D eigenvalue weighted by Crippen LogP contribution is 2.14. The molecule has 0 spiro atoms. The Labute approximate surface area is 135 Å². The van der Waals surface area contributed by atoms with Crippen molar-refractivity contribution in [3.05, 3.63) is 35.5 Å². The Balaban J connectivity index is 1.51. The van der Waals surface area contributed by atoms with Crippen molar-refractivity contribution in [2.45, 2.75) is 39.2 Å². The normalized spacial score (nSPS) is 14.0. The van der Waals surface area contributed by atoms with E-state index in [1.165, 1.54) is 6.42 Å². The van der Waals surface area contributed by atoms with Crippen LogP contribution < -0.4 is 10.6 Å². The first-order chi connectivity index (χ1) is 11.2. The molecule has 0 fully saturated rings. The maximum absolute atomic E-state index is 12.3. The van der Waals surface area contributed by atoms with Crippen LogP contribution in [-0.2, 0) is 13.0 Å². The van der Waals surface area contributed by atoms with Crippen molar-refractivity contribution >= 4 is 11.7 Å². The van der Waals surface area contributed by atoms with Crippen LogP contribution in [-0.4, -0.2) is 38.7 Å². The van der Waals surface area contributed by atoms with Crippen molar-refractivity contribution in [2.75, 3.05) is 18.4 Å². The van der Waals surface area contributed by atoms with Crippen LogP contribution in [0.15, 0.2) is 18.3 Å². The lowest BCUT2D eigenvalue weighted by molar-refractivity contribution is 0.0939. The Morgan fingerprint density at radius 2 is 2.17 bits per heavy atom. The molecule has 1 amide bonds. The Morgan fingerprint density at radius 1 is 1.26 bits per heavy atom. The lowest BCUT2D eigenvalue weighted by atomic mass is 10.2. The summed E-state index contributed by atoms with van der Waals surface area (Å²) in [6.07, 6.45) is 6.04. The van der Waals surface area contributed by atoms with Crippen molar-refractivity contribution in [3.8, 4) is 0 Å². The standard InChI is InChI=1S/C16H22N6O/c1-12-6-7-17-13(11-12)18-8-9-19-16(23)15-21-20-14-5-3-2-4-10-22(14)15/h6-7,11H,2-5,8-10H2,1H3,(H,17,18)(H,19,23). The number of carbonyl (C=O) groups is 1. The van der Waals surface area contributed by atoms with E-state index in [2.05, 4.69) is 25.8 Å². The van der Waals surface area contributed by atoms with Gasteiger partial charge >= 0.3 is 0 Å². The number of fused-ring (bicyclic) bond motifs is 1. The number of rotatable bonds is 5. The van der Waals surface area contributed by atoms with E-state index >= 15 is 0 Å². The minimum atomic E-state index is -0.162. The zero-order valence-electron chi connectivity index (χ0n) is 13.4. The number of hydrogen-bond acceptors (Lipinski definition) is 5. The molecule has 0 atom stereocenters. The van der Waals surface area contributed by atoms with Crippen molar-refractivity contribution in [3.63, 3.8) is 0 Å². The lowest BCUT2D eigenvalue weighted by Crippen LogP contribution is -2.31. The van der Waals surface area contributed by atoms with Crippen LogP contribution in [0, 0.1) is 6.92 Å². The average Bonchev–Trinajstić information content (AvgIpc) is 2.80. The predicted octanol–water partition coefficient (Wildman–Crippen LogP) is 1.55. The SMILES string of the molecule is Cc1ccnc(NCCNC(=O)c2nnc3n2CCCCC3)c1. The second-order valence-electron chi connectivity index (χ2n) is 5.80. The highest BCUT2D eigenvalue weighted by molar-refractivity contribution is 5.90. The van der Waals surface area contributed by atoms with Gasteiger partial charge in [-0.1, -0.05) is 6.42 Å². The Hall–Kier alpha value is -2.44. The second-order valence-corrected chi connectivity index (χ2v) is 5.80. The highest BCUT2D eigenvalue weighted by atomic mass is 16.2. The molecule has 2 aromatic rings. The smallest absolute Gasteiger partial charge is 0.289 e. The molecule has 0 unspecified atom stereocenters. The van der Waals surface area contributed by atoms with Gasteiger partial charge in [-0.05, 0) is 37.5 Å². The third-order valence-electron chi connectivity index (χ3n) is 3.94. The number of aromatic nitrogens is 4. The topological polar surface area (TPSA) is 84.7 Å². The fourth-order valence-electron chi connectivity index (χ4n) is 2.73. The summed E-state index contributed by atoms with van der Waals surface area (Å²) in [4.78, 5) is 16.5. The van der Waals surface area contributed by atoms with E-state index in [4.69, 9.17) is 0 Å². The van der Waals surface area contributed by atoms with Gasteiger partial charge in [-0.3, -0.25) is 4.79 Å². The van der Waals surface area contributed by atoms with Gasteiger partial charge < -0.3 is 15.2 Å². The molecule has 0 aromatic carbocycles. The molecule has 23 heavy (non-hydrogen) atoms. The molecule has 2 aromatic heterocycles. The first kappa shape index (κ1) is 15.5. The molecule has 0 radical (unpaired) electrons. The number of hydrogen-bond donors (Lipinski definition) is 2. The summed E-state index contributed by atoms with van der Waals surface area (Å²) in [7, 11) is 0. The molecular weight excluding hydrogens is 292 g/mol. The van der Waals surface area contributed by atoms with E-state index < -0.39 is 0 Å². The number of aryl methyl sites for hydroxylation is 2. The molecule has 3 rings (SSSR count). The molecule has 0 bridgehead atoms. The maximum Gasteiger partial charge on any atom is 0.289 e. The van der Waals surface area contributed by atoms with E-state index in [0.29, 0.717) is 18.9 Å². The van der Waals surface area contributed by atoms with Crippen molar-refractivity contribution < 1.29 is 4.79 Å². The summed E-state index contributed by atoms with van der Waals surface area (Å²) in [6.45, 7) is 3.97. The Kier molecular flexibility index (Phi) is 4.85. The molecule has 3 heterocycles. The number of anilines is 1. The number of amides is 1. The molecule has 1 aliphatic rings. The van der Waals surface area contributed by atoms with Crippen molar-refractivity contribution in [2.24, 2.45) is 0 Å². The van der Waals surface area contributed by atoms with E-state index in [0.717, 1.165) is 43.0 Å². The average molecular weight is 314 g/mol. The molecular formula is C16H22N6O. The summed E-state index contributed by atoms with van der Waals surface area (Å²) < 4.78 is 1.96. The zero-order valence-corrected chi connectivity index (χ0v) is 13.4. The van der Waals surface area contributed by atoms with Gasteiger partial charge in [-0.2, -0.15) is 0 Å². The molecule has 1 aliphatic heterocycles. The predicted molar refractivity (Wildman–Crippen MR) is 87.4 cm³/mol. The number of pyridine rings is 1. The largest absolute Gasteiger partial charge is 0.368 e. The summed E-state index contributed by atoms with van der Waals surface area (Å²) in [5.41, 5.74) is 1.15. The van der Waals surface area contributed by atoms with E-state index in [1.54, 1.807) is 6.20 Å². The van der Waals surface area contributed by atoms with Crippen LogP contribution in [0.25, 0.3) is 0 Å². The fourth-order valence-corrected chi connectivity index (χ4v) is 2.73. The summed E-state index contributed by atoms with van der Waals surface area (Å²) in [6, 6.07) is 3.92. The molecule has 7 heteroatoms. The van der Waals surface area contributed by atoms with Crippen molar-refractivity contribution in [1.29, 1.82) is 0 Å². The minimum absolute atomic E-state index is 0.162. The quantitative estimate of drug-likeness (QED) is 0.818. The van der Waals surface area contributed by atoms with E-state index in [1.807, 2.05) is 23.6 Å². The lowest BCUT2D eigenvalue weighted by Gasteiger charge is -2.09. The van der Waals surface area contributed by atoms with Crippen LogP contribution in [0.4, 0.5) is 5.82 Å². The second kappa shape index (κ2) is 7.21. The molecule has 0 saturated carbocycles. The summed E-state index contributed by atoms with van der Waals surface area (Å²) in [5.74, 6) is 2.01. The number of nitrogens with one attached hydrogen (secondary N) is 2. The Morgan fingerprint density at radius 3 is 3.04 bits per heavy atom. The summed E-state index contributed by atoms with van der Waals surface area (Å²) >= 11 is 0. The van der Waals surface area contributed by atoms with Gasteiger partial charge in [0, 0.05) is 32.3 Å². The molecule has 0 saturated heterocycles. The number of nitrogens with zero attached hydrogens (tertiary/aromatic N) is 4. The third kappa shape index (κ3) is 3.85. The van der Waals surface area contributed by atoms with Gasteiger partial charge in [0.05, 0.1) is 0 Å². The fraction of sp³-hybridized carbons (Fsp3) is 0.500. The van der Waals surface area contributed by atoms with Gasteiger partial charge in [0.2, 0.25) is 5.82 Å². The van der Waals surface area contributed by atoms with Gasteiger partial charge in [0.1, 0.15) is 11.6 Å². The van der Waals surface area contributed by atoms with E-state index in [-0.39, 0.29) is 5.91 Å². The maximum atomic E-state index is 12.3. The molecule has 2 N–H and O–H groups in total. The van der Waals surface area contributed by atoms with Crippen LogP contribution in [0.1, 0.15) is 41.3 Å². The van der Waals surface area contributed by atoms with Crippen LogP contribution in [0.5, 0.6) is 0 Å². The number of carbonyl (C=O) groups excluding carboxylic acids is 1. The highest BCUT2D eigenvalue weighted by Gasteiger charge is 2.19. The molecule has 7 nitrogen and oxygen atoms in total.